The van der Waals surface area contributed by atoms with Crippen LogP contribution in [-0.2, 0) is 10.8 Å². The maximum Gasteiger partial charge on any atom is 0.137 e. The smallest absolute Gasteiger partial charge is 0.137 e. The highest BCUT2D eigenvalue weighted by molar-refractivity contribution is 8.93. The second-order valence-electron chi connectivity index (χ2n) is 30.2. The molecule has 0 N–H and O–H groups in total. The van der Waals surface area contributed by atoms with Crippen LogP contribution < -0.4 is 18.9 Å². The molecule has 0 radical (unpaired) electrons. The molecule has 102 heavy (non-hydrogen) atoms. The van der Waals surface area contributed by atoms with Gasteiger partial charge in [-0.15, -0.1) is 34.0 Å². The Kier molecular flexibility index (Phi) is 36.0. The molecular weight excluding hydrogens is 1380 g/mol. The van der Waals surface area contributed by atoms with Crippen molar-refractivity contribution >= 4 is 34.0 Å². The van der Waals surface area contributed by atoms with Crippen molar-refractivity contribution in [2.45, 2.75) is 250 Å². The molecule has 0 amide bonds. The van der Waals surface area contributed by atoms with Crippen LogP contribution in [0.3, 0.4) is 0 Å². The number of fused-ring (bicyclic) bond motifs is 6. The molecule has 2 aliphatic carbocycles. The highest BCUT2D eigenvalue weighted by atomic mass is 79.9. The van der Waals surface area contributed by atoms with Gasteiger partial charge in [0.1, 0.15) is 62.5 Å². The molecule has 0 spiro atoms. The summed E-state index contributed by atoms with van der Waals surface area (Å²) < 4.78 is 30.9. The zero-order valence-corrected chi connectivity index (χ0v) is 70.8. The van der Waals surface area contributed by atoms with E-state index in [1.165, 1.54) is 177 Å². The van der Waals surface area contributed by atoms with Gasteiger partial charge >= 0.3 is 0 Å². The van der Waals surface area contributed by atoms with E-state index in [1.54, 1.807) is 5.56 Å². The summed E-state index contributed by atoms with van der Waals surface area (Å²) in [7, 11) is 0. The number of benzene rings is 6. The minimum atomic E-state index is -0.210. The summed E-state index contributed by atoms with van der Waals surface area (Å²) in [5.74, 6) is 3.78. The van der Waals surface area contributed by atoms with Gasteiger partial charge < -0.3 is 37.7 Å². The van der Waals surface area contributed by atoms with Gasteiger partial charge in [0.05, 0.1) is 39.3 Å². The van der Waals surface area contributed by atoms with Gasteiger partial charge in [-0.25, -0.2) is 0 Å². The van der Waals surface area contributed by atoms with Crippen molar-refractivity contribution < 1.29 is 27.9 Å². The molecule has 0 aliphatic heterocycles. The third kappa shape index (κ3) is 20.5. The Morgan fingerprint density at radius 1 is 0.304 bits per heavy atom. The lowest BCUT2D eigenvalue weighted by Gasteiger charge is -2.36. The highest BCUT2D eigenvalue weighted by Crippen LogP contribution is 2.59. The first-order chi connectivity index (χ1) is 48.7. The van der Waals surface area contributed by atoms with Gasteiger partial charge in [-0.05, 0) is 216 Å². The van der Waals surface area contributed by atoms with Gasteiger partial charge in [-0.3, -0.25) is 0 Å². The molecule has 0 fully saturated rings. The lowest BCUT2D eigenvalue weighted by atomic mass is 9.70. The summed E-state index contributed by atoms with van der Waals surface area (Å²) in [4.78, 5) is 4.98. The Morgan fingerprint density at radius 3 is 0.922 bits per heavy atom. The van der Waals surface area contributed by atoms with Crippen LogP contribution in [0, 0.1) is 13.8 Å². The number of quaternary nitrogens is 2. The largest absolute Gasteiger partial charge is 0.492 e. The number of hydrogen-bond acceptors (Lipinski definition) is 6. The Balaban J connectivity index is 0.00000818. The third-order valence-electron chi connectivity index (χ3n) is 24.8. The van der Waals surface area contributed by atoms with Crippen molar-refractivity contribution in [2.24, 2.45) is 0 Å². The number of hydrogen-bond donors (Lipinski definition) is 0. The molecule has 0 saturated carbocycles. The van der Waals surface area contributed by atoms with Crippen molar-refractivity contribution in [2.75, 3.05) is 118 Å². The van der Waals surface area contributed by atoms with Crippen LogP contribution in [0.5, 0.6) is 23.0 Å². The molecule has 0 aromatic heterocycles. The van der Waals surface area contributed by atoms with E-state index in [2.05, 4.69) is 218 Å². The third-order valence-corrected chi connectivity index (χ3v) is 24.8. The number of nitrogens with zero attached hydrogens (tertiary/aromatic N) is 4. The van der Waals surface area contributed by atoms with E-state index in [0.717, 1.165) is 159 Å². The van der Waals surface area contributed by atoms with Gasteiger partial charge in [-0.2, -0.15) is 0 Å². The number of aryl methyl sites for hydroxylation is 2. The molecule has 2 aliphatic rings. The molecule has 6 aromatic rings. The van der Waals surface area contributed by atoms with Crippen LogP contribution in [0.2, 0.25) is 0 Å². The lowest BCUT2D eigenvalue weighted by Crippen LogP contribution is -2.50. The van der Waals surface area contributed by atoms with Crippen molar-refractivity contribution in [1.82, 2.24) is 9.80 Å². The SMILES string of the molecule is Br.Br.CCCCCCC1(CCCCCC)c2cc(C)ccc2-c2ccc(-c3cc(OCCN(CC)CC)c(-c4ccc5c(c4)C(CCCCCC)(CCCCCC)c4cc(-c6cc(OCC[N+](CC)(CC)CC)c(C)cc6OCC[N+](CC)(CC)CC)ccc4-5)cc3OCCN(CC)CC)cc21. The normalized spacial score (nSPS) is 13.4. The Labute approximate surface area is 644 Å². The summed E-state index contributed by atoms with van der Waals surface area (Å²) in [5, 5.41) is 0. The molecule has 0 atom stereocenters. The minimum Gasteiger partial charge on any atom is -0.492 e. The first-order valence-electron chi connectivity index (χ1n) is 41.2. The van der Waals surface area contributed by atoms with Crippen molar-refractivity contribution in [3.8, 4) is 78.6 Å². The molecule has 0 heterocycles. The van der Waals surface area contributed by atoms with E-state index in [1.807, 2.05) is 0 Å². The molecule has 0 saturated heterocycles. The summed E-state index contributed by atoms with van der Waals surface area (Å²) >= 11 is 0. The van der Waals surface area contributed by atoms with E-state index in [9.17, 15) is 0 Å². The fraction of sp³-hybridized carbons (Fsp3) is 0.609. The van der Waals surface area contributed by atoms with Gasteiger partial charge in [0.15, 0.2) is 0 Å². The van der Waals surface area contributed by atoms with Gasteiger partial charge in [0, 0.05) is 40.6 Å². The zero-order chi connectivity index (χ0) is 71.7. The van der Waals surface area contributed by atoms with E-state index >= 15 is 0 Å². The van der Waals surface area contributed by atoms with Crippen LogP contribution in [0.15, 0.2) is 97.1 Å². The predicted molar refractivity (Wildman–Crippen MR) is 451 cm³/mol. The number of unbranched alkanes of at least 4 members (excludes halogenated alkanes) is 12. The van der Waals surface area contributed by atoms with Crippen LogP contribution in [0.1, 0.15) is 259 Å². The quantitative estimate of drug-likeness (QED) is 0.0280. The molecule has 0 unspecified atom stereocenters. The Bertz CT molecular complexity index is 3430. The number of halogens is 2. The number of rotatable bonds is 49. The lowest BCUT2D eigenvalue weighted by molar-refractivity contribution is -0.923. The van der Waals surface area contributed by atoms with Crippen LogP contribution in [0.25, 0.3) is 55.6 Å². The average molecular weight is 1530 g/mol. The zero-order valence-electron chi connectivity index (χ0n) is 67.3. The van der Waals surface area contributed by atoms with E-state index in [4.69, 9.17) is 18.9 Å². The molecule has 566 valence electrons. The maximum atomic E-state index is 7.37. The molecule has 10 heteroatoms. The molecular formula is C92H142Br2N4O4+2. The van der Waals surface area contributed by atoms with Crippen LogP contribution in [-0.4, -0.2) is 137 Å². The maximum absolute atomic E-state index is 7.37. The summed E-state index contributed by atoms with van der Waals surface area (Å²) in [6, 6.07) is 39.3. The van der Waals surface area contributed by atoms with E-state index in [-0.39, 0.29) is 44.8 Å². The Morgan fingerprint density at radius 2 is 0.598 bits per heavy atom. The van der Waals surface area contributed by atoms with Gasteiger partial charge in [0.25, 0.3) is 0 Å². The molecule has 8 nitrogen and oxygen atoms in total. The summed E-state index contributed by atoms with van der Waals surface area (Å²) in [6.07, 6.45) is 24.3. The second-order valence-corrected chi connectivity index (χ2v) is 30.2. The predicted octanol–water partition coefficient (Wildman–Crippen LogP) is 24.8. The fourth-order valence-electron chi connectivity index (χ4n) is 17.4. The second kappa shape index (κ2) is 42.6. The Hall–Kier alpha value is -4.68. The standard InChI is InChI=1S/C92H140N4O4.2BrH/c1-17-31-35-39-51-91(52-40-36-32-18-2)83-63-71(15)43-47-76(83)77-48-45-74(66-84(77)91)81-69-90(98-60-56-94(23-7)24-8)82(70-89(81)97-59-55-93(21-5)22-6)75-46-50-79-78-49-44-73(65-85(78)92(86(79)67-75,53-41-37-33-19-3)54-42-38-34-20-4)80-68-87(99-61-57-95(25-9,26-10)27-11)72(16)64-88(80)100-62-58-96(28-12,29-13)30-14;;/h43-50,63-70H,17-42,51-62H2,1-16H3;2*1H/q+2;;. The van der Waals surface area contributed by atoms with Crippen LogP contribution in [0.4, 0.5) is 0 Å². The van der Waals surface area contributed by atoms with Crippen molar-refractivity contribution in [3.05, 3.63) is 130 Å². The number of ether oxygens (including phenoxy) is 4. The summed E-state index contributed by atoms with van der Waals surface area (Å²) in [5.41, 5.74) is 20.8. The molecule has 8 rings (SSSR count). The van der Waals surface area contributed by atoms with E-state index in [0.29, 0.717) is 26.4 Å². The van der Waals surface area contributed by atoms with E-state index < -0.39 is 0 Å². The van der Waals surface area contributed by atoms with Gasteiger partial charge in [-0.1, -0.05) is 218 Å². The first-order valence-corrected chi connectivity index (χ1v) is 41.2. The topological polar surface area (TPSA) is 43.4 Å². The minimum absolute atomic E-state index is 0. The first kappa shape index (κ1) is 86.2. The van der Waals surface area contributed by atoms with Crippen molar-refractivity contribution in [3.63, 3.8) is 0 Å². The molecule has 0 bridgehead atoms. The van der Waals surface area contributed by atoms with Crippen LogP contribution >= 0.6 is 34.0 Å². The molecule has 6 aromatic carbocycles. The summed E-state index contributed by atoms with van der Waals surface area (Å²) in [6.45, 7) is 53.8. The average Bonchev–Trinajstić information content (AvgIpc) is 1.56. The monoisotopic (exact) mass is 1520 g/mol. The van der Waals surface area contributed by atoms with Crippen molar-refractivity contribution in [1.29, 1.82) is 0 Å². The highest BCUT2D eigenvalue weighted by Gasteiger charge is 2.45. The number of likely N-dealkylation sites (N-methyl/N-ethyl adjacent to an activating group) is 4. The van der Waals surface area contributed by atoms with Gasteiger partial charge in [0.2, 0.25) is 0 Å². The fourth-order valence-corrected chi connectivity index (χ4v) is 17.4.